The summed E-state index contributed by atoms with van der Waals surface area (Å²) in [7, 11) is 0. The molecule has 86 valence electrons. The van der Waals surface area contributed by atoms with Crippen LogP contribution in [0.15, 0.2) is 18.2 Å². The van der Waals surface area contributed by atoms with E-state index in [1.165, 1.54) is 6.07 Å². The highest BCUT2D eigenvalue weighted by atomic mass is 35.5. The first-order valence-electron chi connectivity index (χ1n) is 4.26. The predicted octanol–water partition coefficient (Wildman–Crippen LogP) is 1.91. The summed E-state index contributed by atoms with van der Waals surface area (Å²) in [4.78, 5) is 20.5. The van der Waals surface area contributed by atoms with Crippen LogP contribution in [0.1, 0.15) is 10.4 Å². The molecular formula is C9H8ClNO5. The van der Waals surface area contributed by atoms with Crippen molar-refractivity contribution in [3.8, 4) is 5.75 Å². The lowest BCUT2D eigenvalue weighted by molar-refractivity contribution is -0.385. The first kappa shape index (κ1) is 12.3. The molecule has 0 bridgehead atoms. The number of carboxylic acids is 1. The van der Waals surface area contributed by atoms with E-state index in [0.29, 0.717) is 0 Å². The fourth-order valence-corrected chi connectivity index (χ4v) is 1.17. The van der Waals surface area contributed by atoms with E-state index in [4.69, 9.17) is 21.4 Å². The van der Waals surface area contributed by atoms with Gasteiger partial charge in [0.15, 0.2) is 0 Å². The maximum absolute atomic E-state index is 10.8. The van der Waals surface area contributed by atoms with E-state index in [2.05, 4.69) is 0 Å². The zero-order valence-corrected chi connectivity index (χ0v) is 8.81. The van der Waals surface area contributed by atoms with Gasteiger partial charge in [0.1, 0.15) is 17.9 Å². The quantitative estimate of drug-likeness (QED) is 0.486. The van der Waals surface area contributed by atoms with Gasteiger partial charge in [-0.3, -0.25) is 10.1 Å². The molecule has 0 amide bonds. The highest BCUT2D eigenvalue weighted by Gasteiger charge is 2.20. The summed E-state index contributed by atoms with van der Waals surface area (Å²) in [5, 5.41) is 19.3. The van der Waals surface area contributed by atoms with Crippen molar-refractivity contribution in [3.63, 3.8) is 0 Å². The van der Waals surface area contributed by atoms with Gasteiger partial charge in [-0.05, 0) is 6.07 Å². The van der Waals surface area contributed by atoms with Gasteiger partial charge in [0.05, 0.1) is 10.8 Å². The van der Waals surface area contributed by atoms with Crippen LogP contribution >= 0.6 is 11.6 Å². The van der Waals surface area contributed by atoms with Gasteiger partial charge in [0, 0.05) is 12.1 Å². The highest BCUT2D eigenvalue weighted by molar-refractivity contribution is 6.18. The molecule has 0 spiro atoms. The smallest absolute Gasteiger partial charge is 0.342 e. The third-order valence-electron chi connectivity index (χ3n) is 1.74. The van der Waals surface area contributed by atoms with Gasteiger partial charge in [-0.1, -0.05) is 0 Å². The van der Waals surface area contributed by atoms with E-state index in [-0.39, 0.29) is 18.2 Å². The number of aromatic carboxylic acids is 1. The van der Waals surface area contributed by atoms with E-state index in [9.17, 15) is 14.9 Å². The van der Waals surface area contributed by atoms with Gasteiger partial charge < -0.3 is 9.84 Å². The zero-order valence-electron chi connectivity index (χ0n) is 8.05. The lowest BCUT2D eigenvalue weighted by atomic mass is 10.2. The van der Waals surface area contributed by atoms with E-state index in [1.54, 1.807) is 0 Å². The number of halogens is 1. The molecule has 7 heteroatoms. The molecule has 0 atom stereocenters. The van der Waals surface area contributed by atoms with Crippen molar-refractivity contribution < 1.29 is 19.6 Å². The SMILES string of the molecule is O=C(O)c1cc(OCCCl)ccc1[N+](=O)[O-]. The maximum Gasteiger partial charge on any atom is 0.342 e. The number of alkyl halides is 1. The van der Waals surface area contributed by atoms with Crippen molar-refractivity contribution in [3.05, 3.63) is 33.9 Å². The molecule has 16 heavy (non-hydrogen) atoms. The van der Waals surface area contributed by atoms with Gasteiger partial charge >= 0.3 is 5.97 Å². The van der Waals surface area contributed by atoms with Crippen molar-refractivity contribution in [2.75, 3.05) is 12.5 Å². The molecule has 0 aliphatic carbocycles. The summed E-state index contributed by atoms with van der Waals surface area (Å²) in [5.41, 5.74) is -0.872. The Morgan fingerprint density at radius 3 is 2.75 bits per heavy atom. The second kappa shape index (κ2) is 5.32. The Balaban J connectivity index is 3.07. The van der Waals surface area contributed by atoms with E-state index < -0.39 is 22.1 Å². The highest BCUT2D eigenvalue weighted by Crippen LogP contribution is 2.24. The minimum Gasteiger partial charge on any atom is -0.492 e. The Morgan fingerprint density at radius 1 is 1.56 bits per heavy atom. The Kier molecular flexibility index (Phi) is 4.07. The van der Waals surface area contributed by atoms with Crippen molar-refractivity contribution in [2.24, 2.45) is 0 Å². The molecule has 1 aromatic rings. The molecule has 0 radical (unpaired) electrons. The number of carboxylic acid groups (broad SMARTS) is 1. The number of hydrogen-bond acceptors (Lipinski definition) is 4. The van der Waals surface area contributed by atoms with Crippen LogP contribution in [-0.4, -0.2) is 28.5 Å². The number of nitrogens with zero attached hydrogens (tertiary/aromatic N) is 1. The summed E-state index contributed by atoms with van der Waals surface area (Å²) in [5.74, 6) is -0.883. The van der Waals surface area contributed by atoms with Gasteiger partial charge in [0.2, 0.25) is 0 Å². The molecule has 1 rings (SSSR count). The molecule has 1 aromatic carbocycles. The number of benzene rings is 1. The molecule has 0 aliphatic heterocycles. The van der Waals surface area contributed by atoms with E-state index in [1.807, 2.05) is 0 Å². The molecule has 0 fully saturated rings. The van der Waals surface area contributed by atoms with Gasteiger partial charge in [-0.15, -0.1) is 11.6 Å². The Morgan fingerprint density at radius 2 is 2.25 bits per heavy atom. The van der Waals surface area contributed by atoms with Crippen molar-refractivity contribution in [2.45, 2.75) is 0 Å². The monoisotopic (exact) mass is 245 g/mol. The molecule has 0 heterocycles. The molecular weight excluding hydrogens is 238 g/mol. The van der Waals surface area contributed by atoms with Crippen LogP contribution in [-0.2, 0) is 0 Å². The van der Waals surface area contributed by atoms with Crippen LogP contribution in [0.4, 0.5) is 5.69 Å². The Hall–Kier alpha value is -1.82. The molecule has 0 aromatic heterocycles. The topological polar surface area (TPSA) is 89.7 Å². The molecule has 0 unspecified atom stereocenters. The largest absolute Gasteiger partial charge is 0.492 e. The van der Waals surface area contributed by atoms with E-state index >= 15 is 0 Å². The summed E-state index contributed by atoms with van der Waals surface area (Å²) in [6.45, 7) is 0.207. The minimum absolute atomic E-state index is 0.207. The average Bonchev–Trinajstić information content (AvgIpc) is 2.25. The third kappa shape index (κ3) is 2.83. The van der Waals surface area contributed by atoms with Crippen LogP contribution in [0, 0.1) is 10.1 Å². The molecule has 0 saturated heterocycles. The van der Waals surface area contributed by atoms with Crippen molar-refractivity contribution in [1.29, 1.82) is 0 Å². The number of hydrogen-bond donors (Lipinski definition) is 1. The summed E-state index contributed by atoms with van der Waals surface area (Å²) < 4.78 is 5.06. The minimum atomic E-state index is -1.37. The van der Waals surface area contributed by atoms with Crippen molar-refractivity contribution in [1.82, 2.24) is 0 Å². The number of carbonyl (C=O) groups is 1. The second-order valence-electron chi connectivity index (χ2n) is 2.78. The predicted molar refractivity (Wildman–Crippen MR) is 56.3 cm³/mol. The van der Waals surface area contributed by atoms with Crippen molar-refractivity contribution >= 4 is 23.3 Å². The number of nitro benzene ring substituents is 1. The first-order chi connectivity index (χ1) is 7.56. The fraction of sp³-hybridized carbons (Fsp3) is 0.222. The van der Waals surface area contributed by atoms with Crippen LogP contribution < -0.4 is 4.74 Å². The van der Waals surface area contributed by atoms with E-state index in [0.717, 1.165) is 12.1 Å². The number of ether oxygens (including phenoxy) is 1. The lowest BCUT2D eigenvalue weighted by Gasteiger charge is -2.04. The van der Waals surface area contributed by atoms with Gasteiger partial charge in [-0.2, -0.15) is 0 Å². The van der Waals surface area contributed by atoms with Crippen LogP contribution in [0.2, 0.25) is 0 Å². The lowest BCUT2D eigenvalue weighted by Crippen LogP contribution is -2.04. The summed E-state index contributed by atoms with van der Waals surface area (Å²) in [6, 6.07) is 3.52. The normalized spacial score (nSPS) is 9.81. The summed E-state index contributed by atoms with van der Waals surface area (Å²) in [6.07, 6.45) is 0. The van der Waals surface area contributed by atoms with Crippen LogP contribution in [0.5, 0.6) is 5.75 Å². The van der Waals surface area contributed by atoms with Crippen LogP contribution in [0.25, 0.3) is 0 Å². The first-order valence-corrected chi connectivity index (χ1v) is 4.80. The fourth-order valence-electron chi connectivity index (χ4n) is 1.09. The Labute approximate surface area is 95.6 Å². The van der Waals surface area contributed by atoms with Gasteiger partial charge in [0.25, 0.3) is 5.69 Å². The summed E-state index contributed by atoms with van der Waals surface area (Å²) >= 11 is 5.39. The number of rotatable bonds is 5. The zero-order chi connectivity index (χ0) is 12.1. The molecule has 6 nitrogen and oxygen atoms in total. The number of nitro groups is 1. The Bertz CT molecular complexity index is 420. The average molecular weight is 246 g/mol. The van der Waals surface area contributed by atoms with Gasteiger partial charge in [-0.25, -0.2) is 4.79 Å². The molecule has 0 aliphatic rings. The standard InChI is InChI=1S/C9H8ClNO5/c10-3-4-16-6-1-2-8(11(14)15)7(5-6)9(12)13/h1-2,5H,3-4H2,(H,12,13). The third-order valence-corrected chi connectivity index (χ3v) is 1.90. The maximum atomic E-state index is 10.8. The molecule has 0 saturated carbocycles. The van der Waals surface area contributed by atoms with Crippen LogP contribution in [0.3, 0.4) is 0 Å². The molecule has 1 N–H and O–H groups in total. The second-order valence-corrected chi connectivity index (χ2v) is 3.16.